The molecule has 0 radical (unpaired) electrons. The lowest BCUT2D eigenvalue weighted by Gasteiger charge is -2.29. The molecule has 1 saturated heterocycles. The molecular weight excluding hydrogens is 443 g/mol. The summed E-state index contributed by atoms with van der Waals surface area (Å²) in [6, 6.07) is 7.08. The number of nitrogens with zero attached hydrogens (tertiary/aromatic N) is 3. The fourth-order valence-corrected chi connectivity index (χ4v) is 4.76. The van der Waals surface area contributed by atoms with Crippen molar-refractivity contribution in [3.05, 3.63) is 58.1 Å². The highest BCUT2D eigenvalue weighted by molar-refractivity contribution is 7.93. The summed E-state index contributed by atoms with van der Waals surface area (Å²) < 4.78 is 49.4. The standard InChI is InChI=1S/C20H19FN4O6S/c1-24-18(26)14-10-12(21)11-16(17(14)22-20(24)25-6-8-31-9-7-25)32(29,30)23-15-5-3-2-4-13(15)19(27)28/h2-5,10-11,23H,6-9H2,1H3,(H,27,28). The van der Waals surface area contributed by atoms with Gasteiger partial charge in [0, 0.05) is 20.1 Å². The van der Waals surface area contributed by atoms with Gasteiger partial charge < -0.3 is 14.7 Å². The number of aromatic carboxylic acids is 1. The number of morpholine rings is 1. The third-order valence-corrected chi connectivity index (χ3v) is 6.45. The number of halogens is 1. The van der Waals surface area contributed by atoms with Gasteiger partial charge in [-0.05, 0) is 24.3 Å². The summed E-state index contributed by atoms with van der Waals surface area (Å²) in [5, 5.41) is 9.12. The van der Waals surface area contributed by atoms with Crippen LogP contribution >= 0.6 is 0 Å². The molecule has 2 aromatic carbocycles. The van der Waals surface area contributed by atoms with Gasteiger partial charge in [0.25, 0.3) is 15.6 Å². The van der Waals surface area contributed by atoms with Crippen LogP contribution in [0.3, 0.4) is 0 Å². The normalized spacial score (nSPS) is 14.5. The molecular formula is C20H19FN4O6S. The molecule has 0 bridgehead atoms. The molecule has 0 unspecified atom stereocenters. The highest BCUT2D eigenvalue weighted by Gasteiger charge is 2.26. The van der Waals surface area contributed by atoms with Crippen LogP contribution in [0.15, 0.2) is 46.1 Å². The van der Waals surface area contributed by atoms with Gasteiger partial charge in [-0.1, -0.05) is 12.1 Å². The number of rotatable bonds is 5. The Morgan fingerprint density at radius 2 is 1.91 bits per heavy atom. The number of aromatic nitrogens is 2. The molecule has 0 saturated carbocycles. The molecule has 0 aliphatic carbocycles. The average Bonchev–Trinajstić information content (AvgIpc) is 2.76. The maximum absolute atomic E-state index is 14.4. The lowest BCUT2D eigenvalue weighted by atomic mass is 10.2. The van der Waals surface area contributed by atoms with E-state index in [1.165, 1.54) is 35.9 Å². The third kappa shape index (κ3) is 3.89. The van der Waals surface area contributed by atoms with Crippen LogP contribution < -0.4 is 15.2 Å². The first kappa shape index (κ1) is 21.7. The Balaban J connectivity index is 1.91. The Bertz CT molecular complexity index is 1380. The van der Waals surface area contributed by atoms with E-state index < -0.39 is 32.3 Å². The fraction of sp³-hybridized carbons (Fsp3) is 0.250. The molecule has 1 aliphatic heterocycles. The van der Waals surface area contributed by atoms with E-state index in [1.54, 1.807) is 4.90 Å². The maximum Gasteiger partial charge on any atom is 0.337 e. The van der Waals surface area contributed by atoms with Crippen molar-refractivity contribution in [2.75, 3.05) is 35.9 Å². The second kappa shape index (κ2) is 8.20. The Kier molecular flexibility index (Phi) is 5.57. The lowest BCUT2D eigenvalue weighted by molar-refractivity contribution is 0.0698. The monoisotopic (exact) mass is 462 g/mol. The number of fused-ring (bicyclic) bond motifs is 1. The molecule has 12 heteroatoms. The highest BCUT2D eigenvalue weighted by Crippen LogP contribution is 2.27. The number of para-hydroxylation sites is 1. The third-order valence-electron chi connectivity index (χ3n) is 5.07. The van der Waals surface area contributed by atoms with E-state index in [9.17, 15) is 27.5 Å². The van der Waals surface area contributed by atoms with E-state index in [2.05, 4.69) is 9.71 Å². The predicted molar refractivity (Wildman–Crippen MR) is 114 cm³/mol. The quantitative estimate of drug-likeness (QED) is 0.582. The van der Waals surface area contributed by atoms with Gasteiger partial charge in [-0.25, -0.2) is 22.6 Å². The second-order valence-corrected chi connectivity index (χ2v) is 8.78. The minimum Gasteiger partial charge on any atom is -0.478 e. The number of carbonyl (C=O) groups is 1. The number of ether oxygens (including phenoxy) is 1. The van der Waals surface area contributed by atoms with Crippen LogP contribution in [-0.4, -0.2) is 55.3 Å². The van der Waals surface area contributed by atoms with Crippen molar-refractivity contribution >= 4 is 38.5 Å². The Morgan fingerprint density at radius 1 is 1.22 bits per heavy atom. The van der Waals surface area contributed by atoms with E-state index in [-0.39, 0.29) is 28.1 Å². The summed E-state index contributed by atoms with van der Waals surface area (Å²) in [6.45, 7) is 1.71. The van der Waals surface area contributed by atoms with Crippen LogP contribution in [0.2, 0.25) is 0 Å². The summed E-state index contributed by atoms with van der Waals surface area (Å²) >= 11 is 0. The van der Waals surface area contributed by atoms with E-state index in [1.807, 2.05) is 0 Å². The zero-order valence-corrected chi connectivity index (χ0v) is 17.7. The summed E-state index contributed by atoms with van der Waals surface area (Å²) in [5.74, 6) is -2.06. The molecule has 0 spiro atoms. The lowest BCUT2D eigenvalue weighted by Crippen LogP contribution is -2.40. The van der Waals surface area contributed by atoms with Crippen LogP contribution in [0.4, 0.5) is 16.0 Å². The van der Waals surface area contributed by atoms with Crippen LogP contribution in [0.25, 0.3) is 10.9 Å². The van der Waals surface area contributed by atoms with Crippen molar-refractivity contribution in [3.63, 3.8) is 0 Å². The Labute approximate surface area is 181 Å². The smallest absolute Gasteiger partial charge is 0.337 e. The summed E-state index contributed by atoms with van der Waals surface area (Å²) in [4.78, 5) is 30.0. The summed E-state index contributed by atoms with van der Waals surface area (Å²) in [7, 11) is -3.03. The van der Waals surface area contributed by atoms with Crippen molar-refractivity contribution in [1.29, 1.82) is 0 Å². The molecule has 1 fully saturated rings. The molecule has 3 aromatic rings. The molecule has 1 aliphatic rings. The van der Waals surface area contributed by atoms with Crippen molar-refractivity contribution in [3.8, 4) is 0 Å². The topological polar surface area (TPSA) is 131 Å². The van der Waals surface area contributed by atoms with Gasteiger partial charge in [-0.2, -0.15) is 0 Å². The van der Waals surface area contributed by atoms with Gasteiger partial charge in [0.1, 0.15) is 16.2 Å². The molecule has 1 aromatic heterocycles. The van der Waals surface area contributed by atoms with E-state index in [0.717, 1.165) is 12.1 Å². The molecule has 10 nitrogen and oxygen atoms in total. The molecule has 2 heterocycles. The van der Waals surface area contributed by atoms with Crippen LogP contribution in [0.1, 0.15) is 10.4 Å². The number of nitrogens with one attached hydrogen (secondary N) is 1. The molecule has 168 valence electrons. The minimum absolute atomic E-state index is 0.199. The first-order valence-corrected chi connectivity index (χ1v) is 11.1. The summed E-state index contributed by atoms with van der Waals surface area (Å²) in [6.07, 6.45) is 0. The van der Waals surface area contributed by atoms with E-state index in [4.69, 9.17) is 4.74 Å². The number of sulfonamides is 1. The highest BCUT2D eigenvalue weighted by atomic mass is 32.2. The van der Waals surface area contributed by atoms with Crippen molar-refractivity contribution in [2.24, 2.45) is 7.05 Å². The minimum atomic E-state index is -4.50. The van der Waals surface area contributed by atoms with Crippen LogP contribution in [0, 0.1) is 5.82 Å². The van der Waals surface area contributed by atoms with Gasteiger partial charge >= 0.3 is 5.97 Å². The van der Waals surface area contributed by atoms with Gasteiger partial charge in [0.2, 0.25) is 5.95 Å². The number of hydrogen-bond donors (Lipinski definition) is 2. The molecule has 0 atom stereocenters. The van der Waals surface area contributed by atoms with Crippen molar-refractivity contribution in [2.45, 2.75) is 4.90 Å². The SMILES string of the molecule is Cn1c(N2CCOCC2)nc2c(S(=O)(=O)Nc3ccccc3C(=O)O)cc(F)cc2c1=O. The molecule has 2 N–H and O–H groups in total. The average molecular weight is 462 g/mol. The number of anilines is 2. The molecule has 4 rings (SSSR count). The van der Waals surface area contributed by atoms with Gasteiger partial charge in [-0.3, -0.25) is 14.1 Å². The summed E-state index contributed by atoms with van der Waals surface area (Å²) in [5.41, 5.74) is -1.31. The first-order chi connectivity index (χ1) is 15.2. The second-order valence-electron chi connectivity index (χ2n) is 7.13. The predicted octanol–water partition coefficient (Wildman–Crippen LogP) is 1.41. The maximum atomic E-state index is 14.4. The number of carboxylic acids is 1. The fourth-order valence-electron chi connectivity index (χ4n) is 3.51. The van der Waals surface area contributed by atoms with Crippen LogP contribution in [0.5, 0.6) is 0 Å². The van der Waals surface area contributed by atoms with Gasteiger partial charge in [0.05, 0.1) is 29.9 Å². The van der Waals surface area contributed by atoms with Crippen LogP contribution in [-0.2, 0) is 21.8 Å². The van der Waals surface area contributed by atoms with E-state index >= 15 is 0 Å². The number of hydrogen-bond acceptors (Lipinski definition) is 7. The van der Waals surface area contributed by atoms with E-state index in [0.29, 0.717) is 26.3 Å². The van der Waals surface area contributed by atoms with Gasteiger partial charge in [0.15, 0.2) is 0 Å². The zero-order chi connectivity index (χ0) is 23.0. The molecule has 0 amide bonds. The first-order valence-electron chi connectivity index (χ1n) is 9.57. The number of carboxylic acid groups (broad SMARTS) is 1. The Morgan fingerprint density at radius 3 is 2.59 bits per heavy atom. The van der Waals surface area contributed by atoms with Gasteiger partial charge in [-0.15, -0.1) is 0 Å². The molecule has 32 heavy (non-hydrogen) atoms. The Hall–Kier alpha value is -3.51. The van der Waals surface area contributed by atoms with Crippen molar-refractivity contribution < 1.29 is 27.4 Å². The van der Waals surface area contributed by atoms with Crippen molar-refractivity contribution in [1.82, 2.24) is 9.55 Å². The largest absolute Gasteiger partial charge is 0.478 e. The zero-order valence-electron chi connectivity index (χ0n) is 16.9. The number of benzene rings is 2.